The average Bonchev–Trinajstić information content (AvgIpc) is 2.76. The molecular formula is C13H17BrO3. The number of alkyl halides is 1. The largest absolute Gasteiger partial charge is 0.454 e. The van der Waals surface area contributed by atoms with Crippen molar-refractivity contribution >= 4 is 15.9 Å². The molecule has 0 amide bonds. The highest BCUT2D eigenvalue weighted by Crippen LogP contribution is 2.32. The predicted molar refractivity (Wildman–Crippen MR) is 69.8 cm³/mol. The van der Waals surface area contributed by atoms with Crippen molar-refractivity contribution in [2.75, 3.05) is 18.7 Å². The summed E-state index contributed by atoms with van der Waals surface area (Å²) in [6.07, 6.45) is 0. The van der Waals surface area contributed by atoms with E-state index in [1.807, 2.05) is 18.2 Å². The number of ether oxygens (including phenoxy) is 3. The molecule has 4 heteroatoms. The van der Waals surface area contributed by atoms with Crippen molar-refractivity contribution in [3.63, 3.8) is 0 Å². The second-order valence-electron chi connectivity index (χ2n) is 4.98. The fourth-order valence-corrected chi connectivity index (χ4v) is 1.68. The number of hydrogen-bond acceptors (Lipinski definition) is 3. The average molecular weight is 301 g/mol. The molecule has 17 heavy (non-hydrogen) atoms. The summed E-state index contributed by atoms with van der Waals surface area (Å²) in [5, 5.41) is 0.932. The quantitative estimate of drug-likeness (QED) is 0.781. The lowest BCUT2D eigenvalue weighted by Gasteiger charge is -2.21. The van der Waals surface area contributed by atoms with Crippen LogP contribution in [0, 0.1) is 5.41 Å². The molecule has 0 atom stereocenters. The maximum Gasteiger partial charge on any atom is 0.231 e. The van der Waals surface area contributed by atoms with Crippen LogP contribution in [0.1, 0.15) is 19.4 Å². The summed E-state index contributed by atoms with van der Waals surface area (Å²) in [7, 11) is 0. The minimum atomic E-state index is 0.163. The van der Waals surface area contributed by atoms with Gasteiger partial charge < -0.3 is 14.2 Å². The van der Waals surface area contributed by atoms with Crippen LogP contribution in [0.3, 0.4) is 0 Å². The monoisotopic (exact) mass is 300 g/mol. The molecule has 3 nitrogen and oxygen atoms in total. The van der Waals surface area contributed by atoms with Gasteiger partial charge in [0.05, 0.1) is 13.2 Å². The Labute approximate surface area is 110 Å². The zero-order valence-corrected chi connectivity index (χ0v) is 11.7. The number of fused-ring (bicyclic) bond motifs is 1. The molecule has 0 spiro atoms. The molecule has 0 aliphatic carbocycles. The zero-order chi connectivity index (χ0) is 12.3. The van der Waals surface area contributed by atoms with E-state index in [2.05, 4.69) is 29.8 Å². The van der Waals surface area contributed by atoms with Gasteiger partial charge in [0.15, 0.2) is 11.5 Å². The molecule has 0 unspecified atom stereocenters. The normalized spacial score (nSPS) is 14.1. The Morgan fingerprint density at radius 2 is 2.06 bits per heavy atom. The summed E-state index contributed by atoms with van der Waals surface area (Å²) >= 11 is 3.48. The van der Waals surface area contributed by atoms with Crippen molar-refractivity contribution in [3.05, 3.63) is 23.8 Å². The Hall–Kier alpha value is -0.740. The van der Waals surface area contributed by atoms with Crippen LogP contribution in [0.15, 0.2) is 18.2 Å². The highest BCUT2D eigenvalue weighted by atomic mass is 79.9. The van der Waals surface area contributed by atoms with Crippen LogP contribution < -0.4 is 9.47 Å². The van der Waals surface area contributed by atoms with Crippen molar-refractivity contribution in [2.24, 2.45) is 5.41 Å². The van der Waals surface area contributed by atoms with Crippen LogP contribution in [0.2, 0.25) is 0 Å². The van der Waals surface area contributed by atoms with Crippen molar-refractivity contribution in [1.29, 1.82) is 0 Å². The van der Waals surface area contributed by atoms with Crippen molar-refractivity contribution in [3.8, 4) is 11.5 Å². The maximum absolute atomic E-state index is 5.71. The van der Waals surface area contributed by atoms with E-state index < -0.39 is 0 Å². The minimum absolute atomic E-state index is 0.163. The van der Waals surface area contributed by atoms with Gasteiger partial charge in [-0.1, -0.05) is 35.8 Å². The Bertz CT molecular complexity index is 390. The van der Waals surface area contributed by atoms with E-state index >= 15 is 0 Å². The summed E-state index contributed by atoms with van der Waals surface area (Å²) < 4.78 is 16.3. The van der Waals surface area contributed by atoms with Crippen LogP contribution in [0.4, 0.5) is 0 Å². The summed E-state index contributed by atoms with van der Waals surface area (Å²) in [5.74, 6) is 1.63. The molecule has 0 radical (unpaired) electrons. The van der Waals surface area contributed by atoms with E-state index in [0.717, 1.165) is 29.0 Å². The highest BCUT2D eigenvalue weighted by molar-refractivity contribution is 9.09. The summed E-state index contributed by atoms with van der Waals surface area (Å²) in [4.78, 5) is 0. The molecular weight excluding hydrogens is 284 g/mol. The van der Waals surface area contributed by atoms with Gasteiger partial charge in [-0.3, -0.25) is 0 Å². The first-order valence-electron chi connectivity index (χ1n) is 5.63. The van der Waals surface area contributed by atoms with Gasteiger partial charge in [-0.15, -0.1) is 0 Å². The van der Waals surface area contributed by atoms with Gasteiger partial charge >= 0.3 is 0 Å². The van der Waals surface area contributed by atoms with Gasteiger partial charge in [-0.25, -0.2) is 0 Å². The Morgan fingerprint density at radius 1 is 1.29 bits per heavy atom. The van der Waals surface area contributed by atoms with E-state index in [4.69, 9.17) is 14.2 Å². The lowest BCUT2D eigenvalue weighted by atomic mass is 9.98. The van der Waals surface area contributed by atoms with Gasteiger partial charge in [0.25, 0.3) is 0 Å². The predicted octanol–water partition coefficient (Wildman–Crippen LogP) is 3.35. The minimum Gasteiger partial charge on any atom is -0.454 e. The molecule has 0 saturated heterocycles. The van der Waals surface area contributed by atoms with E-state index in [-0.39, 0.29) is 5.41 Å². The maximum atomic E-state index is 5.71. The summed E-state index contributed by atoms with van der Waals surface area (Å²) in [6, 6.07) is 5.91. The van der Waals surface area contributed by atoms with Crippen molar-refractivity contribution in [2.45, 2.75) is 20.5 Å². The first-order chi connectivity index (χ1) is 8.11. The number of halogens is 1. The second-order valence-corrected chi connectivity index (χ2v) is 5.54. The lowest BCUT2D eigenvalue weighted by molar-refractivity contribution is 0.0624. The topological polar surface area (TPSA) is 27.7 Å². The molecule has 1 aromatic rings. The van der Waals surface area contributed by atoms with Crippen LogP contribution in [-0.4, -0.2) is 18.7 Å². The fourth-order valence-electron chi connectivity index (χ4n) is 1.51. The Balaban J connectivity index is 1.88. The molecule has 1 aromatic carbocycles. The van der Waals surface area contributed by atoms with Gasteiger partial charge in [-0.2, -0.15) is 0 Å². The van der Waals surface area contributed by atoms with E-state index in [0.29, 0.717) is 13.4 Å². The Kier molecular flexibility index (Phi) is 3.94. The zero-order valence-electron chi connectivity index (χ0n) is 10.2. The molecule has 0 fully saturated rings. The first-order valence-corrected chi connectivity index (χ1v) is 6.75. The second kappa shape index (κ2) is 5.27. The smallest absolute Gasteiger partial charge is 0.231 e. The summed E-state index contributed by atoms with van der Waals surface area (Å²) in [5.41, 5.74) is 1.27. The van der Waals surface area contributed by atoms with Gasteiger partial charge in [-0.05, 0) is 23.1 Å². The van der Waals surface area contributed by atoms with Crippen LogP contribution >= 0.6 is 15.9 Å². The molecule has 2 rings (SSSR count). The first kappa shape index (κ1) is 12.7. The molecule has 0 saturated carbocycles. The van der Waals surface area contributed by atoms with Gasteiger partial charge in [0.2, 0.25) is 6.79 Å². The van der Waals surface area contributed by atoms with Crippen LogP contribution in [0.25, 0.3) is 0 Å². The van der Waals surface area contributed by atoms with Gasteiger partial charge in [0, 0.05) is 5.33 Å². The van der Waals surface area contributed by atoms with E-state index in [1.165, 1.54) is 0 Å². The summed E-state index contributed by atoms with van der Waals surface area (Å²) in [6.45, 7) is 5.98. The van der Waals surface area contributed by atoms with E-state index in [1.54, 1.807) is 0 Å². The molecule has 94 valence electrons. The van der Waals surface area contributed by atoms with Crippen LogP contribution in [0.5, 0.6) is 11.5 Å². The van der Waals surface area contributed by atoms with E-state index in [9.17, 15) is 0 Å². The molecule has 1 aliphatic rings. The lowest BCUT2D eigenvalue weighted by Crippen LogP contribution is -2.20. The number of benzene rings is 1. The Morgan fingerprint density at radius 3 is 2.82 bits per heavy atom. The SMILES string of the molecule is CC(C)(CBr)COCc1ccc2c(c1)OCO2. The van der Waals surface area contributed by atoms with Gasteiger partial charge in [0.1, 0.15) is 0 Å². The molecule has 1 heterocycles. The number of rotatable bonds is 5. The molecule has 0 bridgehead atoms. The third kappa shape index (κ3) is 3.36. The standard InChI is InChI=1S/C13H17BrO3/c1-13(2,7-14)8-15-6-10-3-4-11-12(5-10)17-9-16-11/h3-5H,6-9H2,1-2H3. The van der Waals surface area contributed by atoms with Crippen LogP contribution in [-0.2, 0) is 11.3 Å². The molecule has 0 aromatic heterocycles. The van der Waals surface area contributed by atoms with Crippen molar-refractivity contribution in [1.82, 2.24) is 0 Å². The fraction of sp³-hybridized carbons (Fsp3) is 0.538. The number of hydrogen-bond donors (Lipinski definition) is 0. The third-order valence-corrected chi connectivity index (χ3v) is 4.08. The van der Waals surface area contributed by atoms with Crippen molar-refractivity contribution < 1.29 is 14.2 Å². The third-order valence-electron chi connectivity index (χ3n) is 2.56. The molecule has 1 aliphatic heterocycles. The molecule has 0 N–H and O–H groups in total. The highest BCUT2D eigenvalue weighted by Gasteiger charge is 2.17.